The van der Waals surface area contributed by atoms with E-state index < -0.39 is 0 Å². The Hall–Kier alpha value is -1.45. The summed E-state index contributed by atoms with van der Waals surface area (Å²) in [5.74, 6) is 0. The van der Waals surface area contributed by atoms with E-state index in [4.69, 9.17) is 16.0 Å². The standard InChI is InChI=1S/C14H10ClNOS/c1-18-11-4-2-3-9(5-11)12-8-17-13-6-10(15)7-16-14(12)13/h2-8H,1H3. The normalized spacial score (nSPS) is 11.0. The molecule has 0 aliphatic heterocycles. The van der Waals surface area contributed by atoms with Gasteiger partial charge in [0.1, 0.15) is 11.8 Å². The predicted molar refractivity (Wildman–Crippen MR) is 76.2 cm³/mol. The summed E-state index contributed by atoms with van der Waals surface area (Å²) in [4.78, 5) is 5.56. The van der Waals surface area contributed by atoms with Crippen molar-refractivity contribution in [2.75, 3.05) is 6.26 Å². The molecule has 0 bridgehead atoms. The summed E-state index contributed by atoms with van der Waals surface area (Å²) in [7, 11) is 0. The Morgan fingerprint density at radius 1 is 1.28 bits per heavy atom. The molecule has 0 atom stereocenters. The van der Waals surface area contributed by atoms with Crippen LogP contribution in [0.2, 0.25) is 5.02 Å². The molecule has 4 heteroatoms. The molecule has 0 radical (unpaired) electrons. The number of benzene rings is 1. The zero-order chi connectivity index (χ0) is 12.5. The van der Waals surface area contributed by atoms with Crippen molar-refractivity contribution in [2.24, 2.45) is 0 Å². The van der Waals surface area contributed by atoms with Crippen LogP contribution in [-0.2, 0) is 0 Å². The largest absolute Gasteiger partial charge is 0.462 e. The molecule has 0 fully saturated rings. The topological polar surface area (TPSA) is 26.0 Å². The van der Waals surface area contributed by atoms with Crippen LogP contribution in [0.25, 0.3) is 22.2 Å². The third-order valence-corrected chi connectivity index (χ3v) is 3.69. The van der Waals surface area contributed by atoms with E-state index in [1.807, 2.05) is 6.07 Å². The molecule has 90 valence electrons. The van der Waals surface area contributed by atoms with E-state index in [-0.39, 0.29) is 0 Å². The third kappa shape index (κ3) is 2.00. The van der Waals surface area contributed by atoms with Gasteiger partial charge in [0.2, 0.25) is 0 Å². The summed E-state index contributed by atoms with van der Waals surface area (Å²) in [6, 6.07) is 10.1. The Morgan fingerprint density at radius 3 is 3.00 bits per heavy atom. The lowest BCUT2D eigenvalue weighted by atomic mass is 10.1. The SMILES string of the molecule is CSc1cccc(-c2coc3cc(Cl)cnc23)c1. The molecule has 0 aliphatic carbocycles. The lowest BCUT2D eigenvalue weighted by Crippen LogP contribution is -1.79. The zero-order valence-corrected chi connectivity index (χ0v) is 11.3. The van der Waals surface area contributed by atoms with Crippen molar-refractivity contribution in [1.82, 2.24) is 4.98 Å². The van der Waals surface area contributed by atoms with Gasteiger partial charge in [-0.25, -0.2) is 0 Å². The summed E-state index contributed by atoms with van der Waals surface area (Å²) >= 11 is 7.61. The fourth-order valence-corrected chi connectivity index (χ4v) is 2.49. The Bertz CT molecular complexity index is 708. The van der Waals surface area contributed by atoms with Gasteiger partial charge in [-0.05, 0) is 24.0 Å². The van der Waals surface area contributed by atoms with E-state index in [2.05, 4.69) is 29.4 Å². The lowest BCUT2D eigenvalue weighted by molar-refractivity contribution is 0.616. The number of hydrogen-bond acceptors (Lipinski definition) is 3. The molecule has 0 saturated carbocycles. The second kappa shape index (κ2) is 4.67. The highest BCUT2D eigenvalue weighted by Crippen LogP contribution is 2.32. The number of halogens is 1. The van der Waals surface area contributed by atoms with Crippen molar-refractivity contribution in [3.63, 3.8) is 0 Å². The molecule has 0 unspecified atom stereocenters. The van der Waals surface area contributed by atoms with Gasteiger partial charge in [0, 0.05) is 22.7 Å². The maximum atomic E-state index is 5.90. The van der Waals surface area contributed by atoms with Gasteiger partial charge in [-0.15, -0.1) is 11.8 Å². The van der Waals surface area contributed by atoms with Crippen LogP contribution in [0.5, 0.6) is 0 Å². The Labute approximate surface area is 114 Å². The number of pyridine rings is 1. The highest BCUT2D eigenvalue weighted by molar-refractivity contribution is 7.98. The first-order chi connectivity index (χ1) is 8.78. The molecule has 0 N–H and O–H groups in total. The number of nitrogens with zero attached hydrogens (tertiary/aromatic N) is 1. The highest BCUT2D eigenvalue weighted by atomic mass is 35.5. The monoisotopic (exact) mass is 275 g/mol. The Balaban J connectivity index is 2.19. The van der Waals surface area contributed by atoms with E-state index >= 15 is 0 Å². The second-order valence-electron chi connectivity index (χ2n) is 3.88. The van der Waals surface area contributed by atoms with E-state index in [9.17, 15) is 0 Å². The van der Waals surface area contributed by atoms with Gasteiger partial charge in [-0.2, -0.15) is 0 Å². The molecule has 2 heterocycles. The van der Waals surface area contributed by atoms with E-state index in [0.29, 0.717) is 10.6 Å². The van der Waals surface area contributed by atoms with Crippen LogP contribution < -0.4 is 0 Å². The van der Waals surface area contributed by atoms with Gasteiger partial charge in [0.15, 0.2) is 5.58 Å². The first kappa shape index (κ1) is 11.6. The number of aromatic nitrogens is 1. The molecular formula is C14H10ClNOS. The number of rotatable bonds is 2. The van der Waals surface area contributed by atoms with E-state index in [1.54, 1.807) is 30.3 Å². The van der Waals surface area contributed by atoms with Crippen LogP contribution in [0, 0.1) is 0 Å². The van der Waals surface area contributed by atoms with Crippen LogP contribution in [0.15, 0.2) is 52.1 Å². The first-order valence-electron chi connectivity index (χ1n) is 5.45. The van der Waals surface area contributed by atoms with Crippen LogP contribution in [0.3, 0.4) is 0 Å². The molecule has 2 aromatic heterocycles. The summed E-state index contributed by atoms with van der Waals surface area (Å²) in [6.45, 7) is 0. The van der Waals surface area contributed by atoms with E-state index in [1.165, 1.54) is 4.90 Å². The van der Waals surface area contributed by atoms with Crippen molar-refractivity contribution in [3.8, 4) is 11.1 Å². The van der Waals surface area contributed by atoms with Crippen molar-refractivity contribution >= 4 is 34.5 Å². The fraction of sp³-hybridized carbons (Fsp3) is 0.0714. The average Bonchev–Trinajstić information content (AvgIpc) is 2.81. The van der Waals surface area contributed by atoms with Crippen molar-refractivity contribution in [2.45, 2.75) is 4.90 Å². The number of thioether (sulfide) groups is 1. The summed E-state index contributed by atoms with van der Waals surface area (Å²) < 4.78 is 5.50. The Kier molecular flexibility index (Phi) is 3.02. The second-order valence-corrected chi connectivity index (χ2v) is 5.20. The Morgan fingerprint density at radius 2 is 2.17 bits per heavy atom. The minimum atomic E-state index is 0.585. The molecule has 3 aromatic rings. The molecular weight excluding hydrogens is 266 g/mol. The van der Waals surface area contributed by atoms with Crippen LogP contribution in [-0.4, -0.2) is 11.2 Å². The van der Waals surface area contributed by atoms with Crippen molar-refractivity contribution in [3.05, 3.63) is 47.8 Å². The highest BCUT2D eigenvalue weighted by Gasteiger charge is 2.10. The first-order valence-corrected chi connectivity index (χ1v) is 7.05. The van der Waals surface area contributed by atoms with Crippen LogP contribution in [0.1, 0.15) is 0 Å². The molecule has 0 amide bonds. The number of furan rings is 1. The third-order valence-electron chi connectivity index (χ3n) is 2.76. The maximum absolute atomic E-state index is 5.90. The minimum Gasteiger partial charge on any atom is -0.462 e. The van der Waals surface area contributed by atoms with Crippen molar-refractivity contribution < 1.29 is 4.42 Å². The lowest BCUT2D eigenvalue weighted by Gasteiger charge is -2.01. The van der Waals surface area contributed by atoms with Gasteiger partial charge in [0.25, 0.3) is 0 Å². The minimum absolute atomic E-state index is 0.585. The van der Waals surface area contributed by atoms with Crippen molar-refractivity contribution in [1.29, 1.82) is 0 Å². The summed E-state index contributed by atoms with van der Waals surface area (Å²) in [5, 5.41) is 0.585. The van der Waals surface area contributed by atoms with Crippen LogP contribution >= 0.6 is 23.4 Å². The number of hydrogen-bond donors (Lipinski definition) is 0. The van der Waals surface area contributed by atoms with E-state index in [0.717, 1.165) is 16.6 Å². The molecule has 0 saturated heterocycles. The summed E-state index contributed by atoms with van der Waals surface area (Å²) in [6.07, 6.45) is 5.43. The van der Waals surface area contributed by atoms with Gasteiger partial charge >= 0.3 is 0 Å². The van der Waals surface area contributed by atoms with Gasteiger partial charge in [-0.1, -0.05) is 23.7 Å². The van der Waals surface area contributed by atoms with Gasteiger partial charge in [0.05, 0.1) is 5.02 Å². The van der Waals surface area contributed by atoms with Crippen LogP contribution in [0.4, 0.5) is 0 Å². The van der Waals surface area contributed by atoms with Gasteiger partial charge in [-0.3, -0.25) is 4.98 Å². The maximum Gasteiger partial charge on any atom is 0.154 e. The summed E-state index contributed by atoms with van der Waals surface area (Å²) in [5.41, 5.74) is 3.66. The molecule has 0 spiro atoms. The quantitative estimate of drug-likeness (QED) is 0.624. The molecule has 3 rings (SSSR count). The smallest absolute Gasteiger partial charge is 0.154 e. The molecule has 2 nitrogen and oxygen atoms in total. The molecule has 1 aromatic carbocycles. The fourth-order valence-electron chi connectivity index (χ4n) is 1.89. The molecule has 18 heavy (non-hydrogen) atoms. The van der Waals surface area contributed by atoms with Gasteiger partial charge < -0.3 is 4.42 Å². The predicted octanol–water partition coefficient (Wildman–Crippen LogP) is 4.87. The zero-order valence-electron chi connectivity index (χ0n) is 9.68. The average molecular weight is 276 g/mol. The molecule has 0 aliphatic rings. The number of fused-ring (bicyclic) bond motifs is 1.